The summed E-state index contributed by atoms with van der Waals surface area (Å²) < 4.78 is 0. The number of hydrogen-bond donors (Lipinski definition) is 1. The van der Waals surface area contributed by atoms with Crippen molar-refractivity contribution in [2.24, 2.45) is 5.73 Å². The summed E-state index contributed by atoms with van der Waals surface area (Å²) in [6, 6.07) is 0. The first-order valence-corrected chi connectivity index (χ1v) is 2.93. The molecule has 0 amide bonds. The Morgan fingerprint density at radius 1 is 1.71 bits per heavy atom. The largest absolute Gasteiger partial charge is 0.315 e. The molecule has 0 aromatic rings. The normalized spacial score (nSPS) is 24.9. The number of alkyl halides is 1. The summed E-state index contributed by atoms with van der Waals surface area (Å²) in [5, 5.41) is 0. The highest BCUT2D eigenvalue weighted by atomic mass is 35.5. The third-order valence-corrected chi connectivity index (χ3v) is 1.43. The molecule has 2 nitrogen and oxygen atoms in total. The van der Waals surface area contributed by atoms with Crippen molar-refractivity contribution in [3.63, 3.8) is 0 Å². The van der Waals surface area contributed by atoms with Crippen LogP contribution in [0.5, 0.6) is 0 Å². The van der Waals surface area contributed by atoms with Crippen LogP contribution in [0.25, 0.3) is 0 Å². The van der Waals surface area contributed by atoms with E-state index in [1.165, 1.54) is 0 Å². The van der Waals surface area contributed by atoms with Gasteiger partial charge < -0.3 is 5.73 Å². The molecular formula is C4H9ClN2. The standard InChI is InChI=1S/C4H9ClN2/c5-3-4(6)7-1-2-7/h4H,1-3,6H2. The van der Waals surface area contributed by atoms with E-state index in [4.69, 9.17) is 17.3 Å². The van der Waals surface area contributed by atoms with Crippen LogP contribution in [0.1, 0.15) is 0 Å². The number of rotatable bonds is 2. The van der Waals surface area contributed by atoms with Crippen LogP contribution in [-0.4, -0.2) is 30.0 Å². The lowest BCUT2D eigenvalue weighted by Crippen LogP contribution is -2.30. The molecule has 1 unspecified atom stereocenters. The molecule has 0 aliphatic carbocycles. The van der Waals surface area contributed by atoms with E-state index in [0.29, 0.717) is 5.88 Å². The number of nitrogens with two attached hydrogens (primary N) is 1. The van der Waals surface area contributed by atoms with E-state index in [1.807, 2.05) is 0 Å². The second-order valence-electron chi connectivity index (χ2n) is 1.76. The van der Waals surface area contributed by atoms with Crippen molar-refractivity contribution in [1.82, 2.24) is 4.90 Å². The summed E-state index contributed by atoms with van der Waals surface area (Å²) in [6.07, 6.45) is 0.113. The van der Waals surface area contributed by atoms with E-state index < -0.39 is 0 Å². The lowest BCUT2D eigenvalue weighted by atomic mass is 10.6. The second-order valence-corrected chi connectivity index (χ2v) is 2.07. The van der Waals surface area contributed by atoms with Crippen LogP contribution >= 0.6 is 11.6 Å². The van der Waals surface area contributed by atoms with Crippen molar-refractivity contribution in [1.29, 1.82) is 0 Å². The van der Waals surface area contributed by atoms with Gasteiger partial charge in [-0.2, -0.15) is 0 Å². The van der Waals surface area contributed by atoms with Gasteiger partial charge in [-0.1, -0.05) is 0 Å². The average molecular weight is 121 g/mol. The predicted molar refractivity (Wildman–Crippen MR) is 30.3 cm³/mol. The van der Waals surface area contributed by atoms with Crippen LogP contribution < -0.4 is 5.73 Å². The van der Waals surface area contributed by atoms with Crippen LogP contribution in [0.4, 0.5) is 0 Å². The fraction of sp³-hybridized carbons (Fsp3) is 1.00. The molecular weight excluding hydrogens is 112 g/mol. The summed E-state index contributed by atoms with van der Waals surface area (Å²) in [5.74, 6) is 0.556. The minimum absolute atomic E-state index is 0.113. The molecule has 0 saturated carbocycles. The average Bonchev–Trinajstić information content (AvgIpc) is 2.44. The van der Waals surface area contributed by atoms with Gasteiger partial charge in [0.2, 0.25) is 0 Å². The summed E-state index contributed by atoms with van der Waals surface area (Å²) in [5.41, 5.74) is 5.47. The fourth-order valence-electron chi connectivity index (χ4n) is 0.487. The van der Waals surface area contributed by atoms with Gasteiger partial charge in [0, 0.05) is 13.1 Å². The quantitative estimate of drug-likeness (QED) is 0.405. The van der Waals surface area contributed by atoms with Crippen LogP contribution in [0.2, 0.25) is 0 Å². The lowest BCUT2D eigenvalue weighted by molar-refractivity contribution is 0.445. The zero-order valence-electron chi connectivity index (χ0n) is 4.10. The molecule has 0 aromatic heterocycles. The Labute approximate surface area is 48.2 Å². The topological polar surface area (TPSA) is 29.0 Å². The molecule has 0 radical (unpaired) electrons. The van der Waals surface area contributed by atoms with E-state index in [2.05, 4.69) is 4.90 Å². The molecule has 1 rings (SSSR count). The zero-order valence-corrected chi connectivity index (χ0v) is 4.86. The lowest BCUT2D eigenvalue weighted by Gasteiger charge is -2.04. The maximum absolute atomic E-state index is 5.47. The first-order valence-electron chi connectivity index (χ1n) is 2.40. The Morgan fingerprint density at radius 2 is 2.29 bits per heavy atom. The zero-order chi connectivity index (χ0) is 5.28. The molecule has 3 heteroatoms. The summed E-state index contributed by atoms with van der Waals surface area (Å²) >= 11 is 5.42. The third-order valence-electron chi connectivity index (χ3n) is 1.11. The Kier molecular flexibility index (Phi) is 1.52. The van der Waals surface area contributed by atoms with Gasteiger partial charge in [-0.15, -0.1) is 11.6 Å². The first kappa shape index (κ1) is 5.35. The monoisotopic (exact) mass is 120 g/mol. The van der Waals surface area contributed by atoms with Crippen LogP contribution in [-0.2, 0) is 0 Å². The van der Waals surface area contributed by atoms with E-state index in [-0.39, 0.29) is 6.17 Å². The van der Waals surface area contributed by atoms with Crippen molar-refractivity contribution in [2.75, 3.05) is 19.0 Å². The number of hydrogen-bond acceptors (Lipinski definition) is 2. The highest BCUT2D eigenvalue weighted by molar-refractivity contribution is 6.18. The molecule has 1 fully saturated rings. The summed E-state index contributed by atoms with van der Waals surface area (Å²) in [4.78, 5) is 2.12. The van der Waals surface area contributed by atoms with E-state index in [9.17, 15) is 0 Å². The highest BCUT2D eigenvalue weighted by Crippen LogP contribution is 2.06. The predicted octanol–water partition coefficient (Wildman–Crippen LogP) is -0.174. The van der Waals surface area contributed by atoms with Gasteiger partial charge in [0.25, 0.3) is 0 Å². The van der Waals surface area contributed by atoms with Gasteiger partial charge in [0.1, 0.15) is 0 Å². The third kappa shape index (κ3) is 1.30. The highest BCUT2D eigenvalue weighted by Gasteiger charge is 2.22. The Morgan fingerprint density at radius 3 is 2.43 bits per heavy atom. The van der Waals surface area contributed by atoms with Crippen LogP contribution in [0.15, 0.2) is 0 Å². The second kappa shape index (κ2) is 1.99. The molecule has 1 aliphatic rings. The van der Waals surface area contributed by atoms with Gasteiger partial charge in [-0.25, -0.2) is 0 Å². The SMILES string of the molecule is NC(CCl)N1CC1. The molecule has 7 heavy (non-hydrogen) atoms. The number of halogens is 1. The van der Waals surface area contributed by atoms with Gasteiger partial charge in [-0.3, -0.25) is 4.90 Å². The Bertz CT molecular complexity index is 62.7. The Hall–Kier alpha value is 0.210. The maximum atomic E-state index is 5.47. The molecule has 1 heterocycles. The van der Waals surface area contributed by atoms with Gasteiger partial charge in [0.05, 0.1) is 12.0 Å². The molecule has 1 aliphatic heterocycles. The van der Waals surface area contributed by atoms with Gasteiger partial charge in [-0.05, 0) is 0 Å². The molecule has 0 bridgehead atoms. The van der Waals surface area contributed by atoms with Crippen LogP contribution in [0, 0.1) is 0 Å². The maximum Gasteiger partial charge on any atom is 0.0712 e. The Balaban J connectivity index is 2.10. The molecule has 42 valence electrons. The van der Waals surface area contributed by atoms with Crippen molar-refractivity contribution >= 4 is 11.6 Å². The minimum atomic E-state index is 0.113. The molecule has 1 saturated heterocycles. The summed E-state index contributed by atoms with van der Waals surface area (Å²) in [6.45, 7) is 2.27. The molecule has 0 aromatic carbocycles. The first-order chi connectivity index (χ1) is 3.34. The van der Waals surface area contributed by atoms with E-state index >= 15 is 0 Å². The summed E-state index contributed by atoms with van der Waals surface area (Å²) in [7, 11) is 0. The van der Waals surface area contributed by atoms with Gasteiger partial charge in [0.15, 0.2) is 0 Å². The van der Waals surface area contributed by atoms with E-state index in [1.54, 1.807) is 0 Å². The van der Waals surface area contributed by atoms with E-state index in [0.717, 1.165) is 13.1 Å². The van der Waals surface area contributed by atoms with Crippen molar-refractivity contribution in [2.45, 2.75) is 6.17 Å². The minimum Gasteiger partial charge on any atom is -0.315 e. The van der Waals surface area contributed by atoms with Crippen molar-refractivity contribution < 1.29 is 0 Å². The molecule has 2 N–H and O–H groups in total. The molecule has 0 spiro atoms. The molecule has 1 atom stereocenters. The van der Waals surface area contributed by atoms with Crippen molar-refractivity contribution in [3.8, 4) is 0 Å². The smallest absolute Gasteiger partial charge is 0.0712 e. The van der Waals surface area contributed by atoms with Gasteiger partial charge >= 0.3 is 0 Å². The fourth-order valence-corrected chi connectivity index (χ4v) is 0.682. The number of nitrogens with zero attached hydrogens (tertiary/aromatic N) is 1. The van der Waals surface area contributed by atoms with Crippen molar-refractivity contribution in [3.05, 3.63) is 0 Å². The van der Waals surface area contributed by atoms with Crippen LogP contribution in [0.3, 0.4) is 0 Å².